The summed E-state index contributed by atoms with van der Waals surface area (Å²) in [6.45, 7) is 1.49. The Morgan fingerprint density at radius 1 is 1.21 bits per heavy atom. The number of pyridine rings is 1. The Balaban J connectivity index is 1.81. The van der Waals surface area contributed by atoms with Gasteiger partial charge in [0.2, 0.25) is 0 Å². The maximum Gasteiger partial charge on any atom is 0.156 e. The number of hydrogen-bond donors (Lipinski definition) is 1. The van der Waals surface area contributed by atoms with Gasteiger partial charge in [-0.2, -0.15) is 0 Å². The molecule has 0 saturated heterocycles. The van der Waals surface area contributed by atoms with Gasteiger partial charge in [-0.25, -0.2) is 19.3 Å². The zero-order valence-electron chi connectivity index (χ0n) is 13.2. The van der Waals surface area contributed by atoms with Crippen LogP contribution < -0.4 is 15.0 Å². The minimum Gasteiger partial charge on any atom is -0.491 e. The zero-order valence-corrected chi connectivity index (χ0v) is 13.2. The van der Waals surface area contributed by atoms with E-state index in [1.54, 1.807) is 6.07 Å². The second-order valence-electron chi connectivity index (χ2n) is 5.64. The fourth-order valence-corrected chi connectivity index (χ4v) is 2.75. The third-order valence-electron chi connectivity index (χ3n) is 3.94. The van der Waals surface area contributed by atoms with Gasteiger partial charge in [-0.15, -0.1) is 0 Å². The van der Waals surface area contributed by atoms with Crippen molar-refractivity contribution in [1.29, 1.82) is 0 Å². The van der Waals surface area contributed by atoms with E-state index < -0.39 is 0 Å². The van der Waals surface area contributed by atoms with Gasteiger partial charge in [0.05, 0.1) is 12.1 Å². The molecule has 2 aromatic heterocycles. The quantitative estimate of drug-likeness (QED) is 0.685. The Labute approximate surface area is 138 Å². The second kappa shape index (κ2) is 5.92. The lowest BCUT2D eigenvalue weighted by atomic mass is 10.2. The number of hydrogen-bond acceptors (Lipinski definition) is 6. The molecule has 0 amide bonds. The van der Waals surface area contributed by atoms with Crippen molar-refractivity contribution >= 4 is 22.7 Å². The molecule has 0 unspecified atom stereocenters. The fourth-order valence-electron chi connectivity index (χ4n) is 2.75. The fraction of sp³-hybridized carbons (Fsp3) is 0.235. The number of anilines is 2. The van der Waals surface area contributed by atoms with Crippen LogP contribution in [-0.4, -0.2) is 35.2 Å². The van der Waals surface area contributed by atoms with Crippen molar-refractivity contribution in [3.8, 4) is 5.75 Å². The number of benzene rings is 1. The van der Waals surface area contributed by atoms with Crippen molar-refractivity contribution < 1.29 is 9.13 Å². The molecular formula is C17H16FN5O. The summed E-state index contributed by atoms with van der Waals surface area (Å²) in [6.07, 6.45) is 1.51. The number of nitrogens with one attached hydrogen (secondary N) is 1. The summed E-state index contributed by atoms with van der Waals surface area (Å²) in [5.41, 5.74) is 2.26. The molecule has 6 nitrogen and oxygen atoms in total. The smallest absolute Gasteiger partial charge is 0.156 e. The molecule has 1 N–H and O–H groups in total. The summed E-state index contributed by atoms with van der Waals surface area (Å²) in [7, 11) is 1.91. The Hall–Kier alpha value is -2.96. The Kier molecular flexibility index (Phi) is 3.60. The van der Waals surface area contributed by atoms with Crippen LogP contribution in [0.5, 0.6) is 5.75 Å². The molecule has 0 aliphatic carbocycles. The Bertz CT molecular complexity index is 901. The number of fused-ring (bicyclic) bond motifs is 2. The van der Waals surface area contributed by atoms with Gasteiger partial charge in [0.1, 0.15) is 35.8 Å². The van der Waals surface area contributed by atoms with Crippen LogP contribution >= 0.6 is 0 Å². The summed E-state index contributed by atoms with van der Waals surface area (Å²) >= 11 is 0. The van der Waals surface area contributed by atoms with Crippen LogP contribution in [-0.2, 0) is 6.54 Å². The molecule has 7 heteroatoms. The van der Waals surface area contributed by atoms with Crippen LogP contribution in [0.15, 0.2) is 36.7 Å². The molecule has 0 saturated carbocycles. The van der Waals surface area contributed by atoms with E-state index in [2.05, 4.69) is 20.3 Å². The maximum absolute atomic E-state index is 13.6. The van der Waals surface area contributed by atoms with Gasteiger partial charge in [0.25, 0.3) is 0 Å². The normalized spacial score (nSPS) is 14.3. The molecule has 24 heavy (non-hydrogen) atoms. The van der Waals surface area contributed by atoms with Crippen molar-refractivity contribution in [2.75, 3.05) is 30.4 Å². The van der Waals surface area contributed by atoms with Gasteiger partial charge >= 0.3 is 0 Å². The van der Waals surface area contributed by atoms with Crippen molar-refractivity contribution in [3.05, 3.63) is 48.0 Å². The van der Waals surface area contributed by atoms with Gasteiger partial charge in [0.15, 0.2) is 5.82 Å². The first-order valence-electron chi connectivity index (χ1n) is 7.69. The average molecular weight is 325 g/mol. The molecule has 1 aliphatic heterocycles. The first-order valence-corrected chi connectivity index (χ1v) is 7.69. The molecule has 4 rings (SSSR count). The van der Waals surface area contributed by atoms with E-state index in [0.717, 1.165) is 16.9 Å². The molecule has 1 aliphatic rings. The van der Waals surface area contributed by atoms with Crippen LogP contribution in [0, 0.1) is 5.82 Å². The molecule has 0 atom stereocenters. The molecule has 1 aromatic carbocycles. The van der Waals surface area contributed by atoms with Gasteiger partial charge in [-0.05, 0) is 30.3 Å². The van der Waals surface area contributed by atoms with E-state index >= 15 is 0 Å². The third kappa shape index (κ3) is 2.68. The van der Waals surface area contributed by atoms with Crippen LogP contribution in [0.1, 0.15) is 5.56 Å². The zero-order chi connectivity index (χ0) is 16.5. The predicted molar refractivity (Wildman–Crippen MR) is 89.8 cm³/mol. The Morgan fingerprint density at radius 3 is 3.04 bits per heavy atom. The molecular weight excluding hydrogens is 309 g/mol. The SMILES string of the molecule is CN1Cc2cc(F)ccc2OCCNc2ncnc3ccc1nc23. The van der Waals surface area contributed by atoms with Gasteiger partial charge in [-0.3, -0.25) is 0 Å². The largest absolute Gasteiger partial charge is 0.491 e. The van der Waals surface area contributed by atoms with E-state index in [1.165, 1.54) is 18.5 Å². The standard InChI is InChI=1S/C17H16FN5O/c1-23-9-11-8-12(18)2-4-14(11)24-7-6-19-17-16-13(20-10-21-17)3-5-15(23)22-16/h2-5,8,10H,6-7,9H2,1H3,(H,19,20,21). The third-order valence-corrected chi connectivity index (χ3v) is 3.94. The van der Waals surface area contributed by atoms with E-state index in [1.807, 2.05) is 24.1 Å². The van der Waals surface area contributed by atoms with Crippen LogP contribution in [0.4, 0.5) is 16.0 Å². The highest BCUT2D eigenvalue weighted by Crippen LogP contribution is 2.26. The lowest BCUT2D eigenvalue weighted by molar-refractivity contribution is 0.328. The van der Waals surface area contributed by atoms with Crippen molar-refractivity contribution in [1.82, 2.24) is 15.0 Å². The summed E-state index contributed by atoms with van der Waals surface area (Å²) in [5, 5.41) is 3.22. The highest BCUT2D eigenvalue weighted by molar-refractivity contribution is 5.86. The molecule has 122 valence electrons. The first-order chi connectivity index (χ1) is 11.7. The molecule has 2 bridgehead atoms. The van der Waals surface area contributed by atoms with E-state index in [0.29, 0.717) is 36.8 Å². The molecule has 3 aromatic rings. The van der Waals surface area contributed by atoms with Crippen molar-refractivity contribution in [2.24, 2.45) is 0 Å². The topological polar surface area (TPSA) is 63.2 Å². The number of rotatable bonds is 0. The summed E-state index contributed by atoms with van der Waals surface area (Å²) in [5.74, 6) is 1.84. The lowest BCUT2D eigenvalue weighted by Crippen LogP contribution is -2.20. The van der Waals surface area contributed by atoms with Crippen LogP contribution in [0.2, 0.25) is 0 Å². The van der Waals surface area contributed by atoms with Crippen LogP contribution in [0.3, 0.4) is 0 Å². The highest BCUT2D eigenvalue weighted by atomic mass is 19.1. The maximum atomic E-state index is 13.6. The Morgan fingerprint density at radius 2 is 2.12 bits per heavy atom. The average Bonchev–Trinajstić information content (AvgIpc) is 2.59. The first kappa shape index (κ1) is 14.6. The molecule has 0 spiro atoms. The number of nitrogens with zero attached hydrogens (tertiary/aromatic N) is 4. The molecule has 0 radical (unpaired) electrons. The number of aromatic nitrogens is 3. The van der Waals surface area contributed by atoms with Gasteiger partial charge in [-0.1, -0.05) is 0 Å². The lowest BCUT2D eigenvalue weighted by Gasteiger charge is -2.22. The minimum atomic E-state index is -0.280. The van der Waals surface area contributed by atoms with Crippen LogP contribution in [0.25, 0.3) is 11.0 Å². The minimum absolute atomic E-state index is 0.280. The number of ether oxygens (including phenoxy) is 1. The second-order valence-corrected chi connectivity index (χ2v) is 5.64. The highest BCUT2D eigenvalue weighted by Gasteiger charge is 2.14. The van der Waals surface area contributed by atoms with Gasteiger partial charge < -0.3 is 15.0 Å². The van der Waals surface area contributed by atoms with E-state index in [4.69, 9.17) is 4.74 Å². The summed E-state index contributed by atoms with van der Waals surface area (Å²) in [6, 6.07) is 8.38. The molecule has 3 heterocycles. The van der Waals surface area contributed by atoms with E-state index in [-0.39, 0.29) is 5.82 Å². The summed E-state index contributed by atoms with van der Waals surface area (Å²) in [4.78, 5) is 15.1. The summed E-state index contributed by atoms with van der Waals surface area (Å²) < 4.78 is 19.4. The predicted octanol–water partition coefficient (Wildman–Crippen LogP) is 2.60. The van der Waals surface area contributed by atoms with Crippen molar-refractivity contribution in [2.45, 2.75) is 6.54 Å². The van der Waals surface area contributed by atoms with E-state index in [9.17, 15) is 4.39 Å². The monoisotopic (exact) mass is 325 g/mol. The molecule has 0 fully saturated rings. The number of halogens is 1. The van der Waals surface area contributed by atoms with Crippen molar-refractivity contribution in [3.63, 3.8) is 0 Å². The van der Waals surface area contributed by atoms with Gasteiger partial charge in [0, 0.05) is 19.2 Å².